The van der Waals surface area contributed by atoms with Crippen molar-refractivity contribution in [1.29, 1.82) is 0 Å². The van der Waals surface area contributed by atoms with E-state index in [-0.39, 0.29) is 0 Å². The van der Waals surface area contributed by atoms with Gasteiger partial charge in [0.1, 0.15) is 4.60 Å². The van der Waals surface area contributed by atoms with Crippen LogP contribution >= 0.6 is 15.9 Å². The smallest absolute Gasteiger partial charge is 0.106 e. The molecule has 0 aliphatic rings. The number of pyridine rings is 1. The zero-order chi connectivity index (χ0) is 11.6. The summed E-state index contributed by atoms with van der Waals surface area (Å²) in [6.45, 7) is 5.61. The van der Waals surface area contributed by atoms with E-state index in [2.05, 4.69) is 33.2 Å². The molecule has 1 aromatic rings. The third kappa shape index (κ3) is 6.20. The number of nitrogens with zero attached hydrogens (tertiary/aromatic N) is 1. The van der Waals surface area contributed by atoms with Gasteiger partial charge in [-0.3, -0.25) is 0 Å². The molecule has 0 unspecified atom stereocenters. The van der Waals surface area contributed by atoms with Gasteiger partial charge in [0.25, 0.3) is 0 Å². The maximum atomic E-state index is 5.39. The van der Waals surface area contributed by atoms with Crippen LogP contribution in [0.15, 0.2) is 22.8 Å². The monoisotopic (exact) mass is 286 g/mol. The minimum absolute atomic E-state index is 0.813. The summed E-state index contributed by atoms with van der Waals surface area (Å²) in [5.74, 6) is 0. The van der Waals surface area contributed by atoms with Crippen LogP contribution in [0.25, 0.3) is 0 Å². The van der Waals surface area contributed by atoms with Crippen LogP contribution in [0.2, 0.25) is 0 Å². The van der Waals surface area contributed by atoms with E-state index in [4.69, 9.17) is 4.74 Å². The molecule has 0 saturated heterocycles. The molecular weight excluding hydrogens is 268 g/mol. The van der Waals surface area contributed by atoms with Crippen molar-refractivity contribution in [3.63, 3.8) is 0 Å². The van der Waals surface area contributed by atoms with Crippen molar-refractivity contribution in [2.75, 3.05) is 19.8 Å². The number of halogens is 1. The zero-order valence-electron chi connectivity index (χ0n) is 9.71. The Kier molecular flexibility index (Phi) is 7.38. The molecule has 1 N–H and O–H groups in total. The van der Waals surface area contributed by atoms with Crippen molar-refractivity contribution in [2.45, 2.75) is 26.3 Å². The van der Waals surface area contributed by atoms with Gasteiger partial charge in [0.2, 0.25) is 0 Å². The second-order valence-electron chi connectivity index (χ2n) is 3.59. The predicted octanol–water partition coefficient (Wildman–Crippen LogP) is 2.75. The van der Waals surface area contributed by atoms with Crippen molar-refractivity contribution in [3.05, 3.63) is 28.5 Å². The molecule has 16 heavy (non-hydrogen) atoms. The van der Waals surface area contributed by atoms with E-state index in [1.807, 2.05) is 18.2 Å². The summed E-state index contributed by atoms with van der Waals surface area (Å²) in [6.07, 6.45) is 2.14. The van der Waals surface area contributed by atoms with Gasteiger partial charge in [0.15, 0.2) is 0 Å². The molecule has 4 heteroatoms. The van der Waals surface area contributed by atoms with E-state index >= 15 is 0 Å². The molecule has 3 nitrogen and oxygen atoms in total. The molecule has 0 fully saturated rings. The van der Waals surface area contributed by atoms with Crippen molar-refractivity contribution < 1.29 is 4.74 Å². The average molecular weight is 287 g/mol. The molecule has 0 radical (unpaired) electrons. The van der Waals surface area contributed by atoms with Gasteiger partial charge in [-0.25, -0.2) is 4.98 Å². The maximum Gasteiger partial charge on any atom is 0.106 e. The van der Waals surface area contributed by atoms with Gasteiger partial charge in [0.05, 0.1) is 5.69 Å². The number of hydrogen-bond acceptors (Lipinski definition) is 3. The second kappa shape index (κ2) is 8.67. The highest BCUT2D eigenvalue weighted by molar-refractivity contribution is 9.10. The van der Waals surface area contributed by atoms with Crippen LogP contribution < -0.4 is 5.32 Å². The lowest BCUT2D eigenvalue weighted by Crippen LogP contribution is -2.17. The molecule has 1 aromatic heterocycles. The molecule has 0 aromatic carbocycles. The molecule has 0 aliphatic heterocycles. The first-order valence-electron chi connectivity index (χ1n) is 5.73. The molecule has 1 rings (SSSR count). The first kappa shape index (κ1) is 13.6. The summed E-state index contributed by atoms with van der Waals surface area (Å²) in [5, 5.41) is 3.34. The molecule has 0 spiro atoms. The van der Waals surface area contributed by atoms with Crippen LogP contribution in [0.5, 0.6) is 0 Å². The number of hydrogen-bond donors (Lipinski definition) is 1. The summed E-state index contributed by atoms with van der Waals surface area (Å²) < 4.78 is 6.28. The molecule has 0 bridgehead atoms. The first-order valence-corrected chi connectivity index (χ1v) is 6.52. The fourth-order valence-corrected chi connectivity index (χ4v) is 1.69. The topological polar surface area (TPSA) is 34.1 Å². The minimum Gasteiger partial charge on any atom is -0.381 e. The SMILES string of the molecule is CCCOCCCNCc1cccc(Br)n1. The Bertz CT molecular complexity index is 294. The Hall–Kier alpha value is -0.450. The highest BCUT2D eigenvalue weighted by Crippen LogP contribution is 2.05. The van der Waals surface area contributed by atoms with Crippen molar-refractivity contribution in [3.8, 4) is 0 Å². The quantitative estimate of drug-likeness (QED) is 0.589. The Morgan fingerprint density at radius 2 is 2.25 bits per heavy atom. The summed E-state index contributed by atoms with van der Waals surface area (Å²) in [7, 11) is 0. The number of aromatic nitrogens is 1. The van der Waals surface area contributed by atoms with Crippen LogP contribution in [-0.4, -0.2) is 24.7 Å². The Balaban J connectivity index is 2.03. The van der Waals surface area contributed by atoms with Gasteiger partial charge in [-0.2, -0.15) is 0 Å². The van der Waals surface area contributed by atoms with E-state index in [1.54, 1.807) is 0 Å². The van der Waals surface area contributed by atoms with Crippen molar-refractivity contribution in [1.82, 2.24) is 10.3 Å². The van der Waals surface area contributed by atoms with E-state index in [1.165, 1.54) is 0 Å². The third-order valence-electron chi connectivity index (χ3n) is 2.07. The molecule has 0 saturated carbocycles. The van der Waals surface area contributed by atoms with E-state index < -0.39 is 0 Å². The van der Waals surface area contributed by atoms with Crippen molar-refractivity contribution in [2.24, 2.45) is 0 Å². The predicted molar refractivity (Wildman–Crippen MR) is 69.4 cm³/mol. The van der Waals surface area contributed by atoms with Crippen LogP contribution in [0.1, 0.15) is 25.5 Å². The Morgan fingerprint density at radius 1 is 1.38 bits per heavy atom. The molecule has 90 valence electrons. The van der Waals surface area contributed by atoms with E-state index in [0.717, 1.165) is 49.4 Å². The van der Waals surface area contributed by atoms with Crippen LogP contribution in [0.3, 0.4) is 0 Å². The van der Waals surface area contributed by atoms with Gasteiger partial charge < -0.3 is 10.1 Å². The second-order valence-corrected chi connectivity index (χ2v) is 4.41. The maximum absolute atomic E-state index is 5.39. The lowest BCUT2D eigenvalue weighted by atomic mass is 10.3. The van der Waals surface area contributed by atoms with Gasteiger partial charge in [-0.15, -0.1) is 0 Å². The Labute approximate surface area is 106 Å². The minimum atomic E-state index is 0.813. The van der Waals surface area contributed by atoms with Gasteiger partial charge in [0, 0.05) is 19.8 Å². The number of rotatable bonds is 8. The summed E-state index contributed by atoms with van der Waals surface area (Å²) in [5.41, 5.74) is 1.06. The fraction of sp³-hybridized carbons (Fsp3) is 0.583. The van der Waals surface area contributed by atoms with Crippen LogP contribution in [0.4, 0.5) is 0 Å². The van der Waals surface area contributed by atoms with Crippen molar-refractivity contribution >= 4 is 15.9 Å². The van der Waals surface area contributed by atoms with E-state index in [9.17, 15) is 0 Å². The summed E-state index contributed by atoms with van der Waals surface area (Å²) in [4.78, 5) is 4.34. The largest absolute Gasteiger partial charge is 0.381 e. The molecule has 0 aliphatic carbocycles. The van der Waals surface area contributed by atoms with Gasteiger partial charge in [-0.1, -0.05) is 13.0 Å². The lowest BCUT2D eigenvalue weighted by Gasteiger charge is -2.05. The van der Waals surface area contributed by atoms with Gasteiger partial charge in [-0.05, 0) is 47.4 Å². The summed E-state index contributed by atoms with van der Waals surface area (Å²) >= 11 is 3.35. The van der Waals surface area contributed by atoms with E-state index in [0.29, 0.717) is 0 Å². The fourth-order valence-electron chi connectivity index (χ4n) is 1.31. The van der Waals surface area contributed by atoms with Gasteiger partial charge >= 0.3 is 0 Å². The number of nitrogens with one attached hydrogen (secondary N) is 1. The lowest BCUT2D eigenvalue weighted by molar-refractivity contribution is 0.132. The van der Waals surface area contributed by atoms with Crippen LogP contribution in [-0.2, 0) is 11.3 Å². The standard InChI is InChI=1S/C12H19BrN2O/c1-2-8-16-9-4-7-14-10-11-5-3-6-12(13)15-11/h3,5-6,14H,2,4,7-10H2,1H3. The number of ether oxygens (including phenoxy) is 1. The summed E-state index contributed by atoms with van der Waals surface area (Å²) in [6, 6.07) is 5.95. The third-order valence-corrected chi connectivity index (χ3v) is 2.51. The normalized spacial score (nSPS) is 10.6. The molecular formula is C12H19BrN2O. The van der Waals surface area contributed by atoms with Crippen LogP contribution in [0, 0.1) is 0 Å². The average Bonchev–Trinajstić information content (AvgIpc) is 2.28. The highest BCUT2D eigenvalue weighted by Gasteiger charge is 1.95. The molecule has 1 heterocycles. The molecule has 0 amide bonds. The molecule has 0 atom stereocenters. The highest BCUT2D eigenvalue weighted by atomic mass is 79.9. The Morgan fingerprint density at radius 3 is 3.00 bits per heavy atom. The first-order chi connectivity index (χ1) is 7.83. The zero-order valence-corrected chi connectivity index (χ0v) is 11.3.